The Bertz CT molecular complexity index is 486. The lowest BCUT2D eigenvalue weighted by atomic mass is 10.3. The van der Waals surface area contributed by atoms with E-state index in [4.69, 9.17) is 33.0 Å². The summed E-state index contributed by atoms with van der Waals surface area (Å²) in [6.45, 7) is -0.923. The Morgan fingerprint density at radius 1 is 1.50 bits per heavy atom. The standard InChI is InChI=1S/C12H13Cl2F2NO3/c1-7(11(19)17-5-12(15,16)6-18)20-10-3-2-8(13)4-9(10)14/h2-4,7,18H,5-6H2,1H3,(H,17,19). The predicted molar refractivity (Wildman–Crippen MR) is 71.6 cm³/mol. The first-order valence-electron chi connectivity index (χ1n) is 5.63. The van der Waals surface area contributed by atoms with Crippen molar-refractivity contribution < 1.29 is 23.4 Å². The van der Waals surface area contributed by atoms with E-state index in [1.54, 1.807) is 0 Å². The van der Waals surface area contributed by atoms with Crippen LogP contribution in [0, 0.1) is 0 Å². The van der Waals surface area contributed by atoms with Crippen molar-refractivity contribution in [2.24, 2.45) is 0 Å². The molecule has 0 spiro atoms. The third-order valence-corrected chi connectivity index (χ3v) is 2.85. The number of rotatable bonds is 6. The molecule has 8 heteroatoms. The summed E-state index contributed by atoms with van der Waals surface area (Å²) in [5.74, 6) is -3.90. The van der Waals surface area contributed by atoms with Gasteiger partial charge in [0.05, 0.1) is 11.6 Å². The molecule has 0 saturated carbocycles. The van der Waals surface area contributed by atoms with Crippen molar-refractivity contribution in [1.82, 2.24) is 5.32 Å². The van der Waals surface area contributed by atoms with E-state index in [2.05, 4.69) is 0 Å². The van der Waals surface area contributed by atoms with Crippen molar-refractivity contribution in [1.29, 1.82) is 0 Å². The number of aliphatic hydroxyl groups excluding tert-OH is 1. The first-order valence-corrected chi connectivity index (χ1v) is 6.39. The van der Waals surface area contributed by atoms with Gasteiger partial charge in [-0.25, -0.2) is 8.78 Å². The van der Waals surface area contributed by atoms with Crippen LogP contribution < -0.4 is 10.1 Å². The van der Waals surface area contributed by atoms with E-state index in [-0.39, 0.29) is 10.8 Å². The van der Waals surface area contributed by atoms with Gasteiger partial charge in [0.15, 0.2) is 6.10 Å². The normalized spacial score (nSPS) is 12.9. The van der Waals surface area contributed by atoms with Crippen LogP contribution in [0.25, 0.3) is 0 Å². The van der Waals surface area contributed by atoms with Crippen molar-refractivity contribution in [2.45, 2.75) is 19.0 Å². The molecule has 1 aromatic carbocycles. The molecule has 0 aliphatic rings. The summed E-state index contributed by atoms with van der Waals surface area (Å²) in [6.07, 6.45) is -1.02. The van der Waals surface area contributed by atoms with Gasteiger partial charge in [0, 0.05) is 5.02 Å². The minimum absolute atomic E-state index is 0.206. The van der Waals surface area contributed by atoms with Crippen LogP contribution in [-0.2, 0) is 4.79 Å². The van der Waals surface area contributed by atoms with Crippen LogP contribution >= 0.6 is 23.2 Å². The molecule has 112 valence electrons. The fourth-order valence-corrected chi connectivity index (χ4v) is 1.68. The molecule has 2 N–H and O–H groups in total. The van der Waals surface area contributed by atoms with E-state index < -0.39 is 31.1 Å². The Morgan fingerprint density at radius 2 is 2.15 bits per heavy atom. The van der Waals surface area contributed by atoms with Crippen molar-refractivity contribution in [3.05, 3.63) is 28.2 Å². The maximum absolute atomic E-state index is 12.8. The van der Waals surface area contributed by atoms with Gasteiger partial charge >= 0.3 is 0 Å². The van der Waals surface area contributed by atoms with E-state index in [1.807, 2.05) is 5.32 Å². The highest BCUT2D eigenvalue weighted by molar-refractivity contribution is 6.35. The highest BCUT2D eigenvalue weighted by Crippen LogP contribution is 2.28. The van der Waals surface area contributed by atoms with Crippen LogP contribution in [0.5, 0.6) is 5.75 Å². The highest BCUT2D eigenvalue weighted by atomic mass is 35.5. The number of aliphatic hydroxyl groups is 1. The Hall–Kier alpha value is -1.11. The van der Waals surface area contributed by atoms with Gasteiger partial charge in [0.25, 0.3) is 11.8 Å². The zero-order valence-electron chi connectivity index (χ0n) is 10.5. The molecule has 0 radical (unpaired) electrons. The molecule has 0 aliphatic heterocycles. The second kappa shape index (κ2) is 7.06. The molecule has 0 bridgehead atoms. The van der Waals surface area contributed by atoms with Crippen molar-refractivity contribution in [3.8, 4) is 5.75 Å². The Labute approximate surface area is 124 Å². The third-order valence-electron chi connectivity index (χ3n) is 2.32. The molecule has 1 aromatic rings. The van der Waals surface area contributed by atoms with Crippen LogP contribution in [0.3, 0.4) is 0 Å². The fraction of sp³-hybridized carbons (Fsp3) is 0.417. The number of hydrogen-bond acceptors (Lipinski definition) is 3. The number of alkyl halides is 2. The monoisotopic (exact) mass is 327 g/mol. The van der Waals surface area contributed by atoms with Gasteiger partial charge in [0.2, 0.25) is 0 Å². The van der Waals surface area contributed by atoms with E-state index in [0.717, 1.165) is 0 Å². The Balaban J connectivity index is 2.57. The maximum Gasteiger partial charge on any atom is 0.287 e. The lowest BCUT2D eigenvalue weighted by Crippen LogP contribution is -2.44. The maximum atomic E-state index is 12.8. The van der Waals surface area contributed by atoms with Gasteiger partial charge in [0.1, 0.15) is 12.4 Å². The summed E-state index contributed by atoms with van der Waals surface area (Å²) in [5, 5.41) is 11.0. The second-order valence-corrected chi connectivity index (χ2v) is 4.91. The Morgan fingerprint density at radius 3 is 2.70 bits per heavy atom. The number of ether oxygens (including phenoxy) is 1. The zero-order chi connectivity index (χ0) is 15.3. The van der Waals surface area contributed by atoms with Crippen LogP contribution in [-0.4, -0.2) is 36.2 Å². The molecule has 1 atom stereocenters. The molecule has 1 amide bonds. The first kappa shape index (κ1) is 16.9. The largest absolute Gasteiger partial charge is 0.479 e. The number of benzene rings is 1. The minimum Gasteiger partial charge on any atom is -0.479 e. The molecule has 20 heavy (non-hydrogen) atoms. The van der Waals surface area contributed by atoms with Crippen LogP contribution in [0.1, 0.15) is 6.92 Å². The zero-order valence-corrected chi connectivity index (χ0v) is 12.0. The second-order valence-electron chi connectivity index (χ2n) is 4.07. The lowest BCUT2D eigenvalue weighted by molar-refractivity contribution is -0.130. The predicted octanol–water partition coefficient (Wildman–Crippen LogP) is 2.50. The summed E-state index contributed by atoms with van der Waals surface area (Å²) in [7, 11) is 0. The van der Waals surface area contributed by atoms with E-state index in [0.29, 0.717) is 5.02 Å². The number of halogens is 4. The van der Waals surface area contributed by atoms with Gasteiger partial charge in [-0.05, 0) is 25.1 Å². The third kappa shape index (κ3) is 5.11. The molecular formula is C12H13Cl2F2NO3. The number of hydrogen-bond donors (Lipinski definition) is 2. The summed E-state index contributed by atoms with van der Waals surface area (Å²) in [5.41, 5.74) is 0. The minimum atomic E-state index is -3.37. The van der Waals surface area contributed by atoms with Gasteiger partial charge in [-0.2, -0.15) is 0 Å². The summed E-state index contributed by atoms with van der Waals surface area (Å²) in [4.78, 5) is 11.6. The lowest BCUT2D eigenvalue weighted by Gasteiger charge is -2.18. The van der Waals surface area contributed by atoms with E-state index in [1.165, 1.54) is 25.1 Å². The molecule has 0 saturated heterocycles. The van der Waals surface area contributed by atoms with Gasteiger partial charge in [-0.3, -0.25) is 4.79 Å². The fourth-order valence-electron chi connectivity index (χ4n) is 1.23. The molecule has 0 fully saturated rings. The molecular weight excluding hydrogens is 315 g/mol. The molecule has 0 heterocycles. The summed E-state index contributed by atoms with van der Waals surface area (Å²) < 4.78 is 30.8. The van der Waals surface area contributed by atoms with E-state index >= 15 is 0 Å². The SMILES string of the molecule is CC(Oc1ccc(Cl)cc1Cl)C(=O)NCC(F)(F)CO. The van der Waals surface area contributed by atoms with Crippen molar-refractivity contribution >= 4 is 29.1 Å². The average Bonchev–Trinajstić information content (AvgIpc) is 2.39. The van der Waals surface area contributed by atoms with Crippen molar-refractivity contribution in [3.63, 3.8) is 0 Å². The molecule has 0 aromatic heterocycles. The molecule has 0 aliphatic carbocycles. The molecule has 1 rings (SSSR count). The highest BCUT2D eigenvalue weighted by Gasteiger charge is 2.29. The van der Waals surface area contributed by atoms with Crippen LogP contribution in [0.2, 0.25) is 10.0 Å². The van der Waals surface area contributed by atoms with Gasteiger partial charge in [-0.15, -0.1) is 0 Å². The summed E-state index contributed by atoms with van der Waals surface area (Å²) >= 11 is 11.6. The van der Waals surface area contributed by atoms with Crippen LogP contribution in [0.4, 0.5) is 8.78 Å². The molecule has 1 unspecified atom stereocenters. The number of carbonyl (C=O) groups excluding carboxylic acids is 1. The number of nitrogens with one attached hydrogen (secondary N) is 1. The average molecular weight is 328 g/mol. The quantitative estimate of drug-likeness (QED) is 0.844. The smallest absolute Gasteiger partial charge is 0.287 e. The van der Waals surface area contributed by atoms with Gasteiger partial charge in [-0.1, -0.05) is 23.2 Å². The first-order chi connectivity index (χ1) is 9.25. The van der Waals surface area contributed by atoms with Crippen LogP contribution in [0.15, 0.2) is 18.2 Å². The number of carbonyl (C=O) groups is 1. The topological polar surface area (TPSA) is 58.6 Å². The van der Waals surface area contributed by atoms with E-state index in [9.17, 15) is 13.6 Å². The van der Waals surface area contributed by atoms with Gasteiger partial charge < -0.3 is 15.2 Å². The Kier molecular flexibility index (Phi) is 5.98. The van der Waals surface area contributed by atoms with Crippen molar-refractivity contribution in [2.75, 3.05) is 13.2 Å². The molecule has 4 nitrogen and oxygen atoms in total. The number of amides is 1. The summed E-state index contributed by atoms with van der Waals surface area (Å²) in [6, 6.07) is 4.42.